The van der Waals surface area contributed by atoms with Gasteiger partial charge in [-0.2, -0.15) is 4.31 Å². The molecule has 1 aliphatic rings. The van der Waals surface area contributed by atoms with Crippen molar-refractivity contribution < 1.29 is 13.2 Å². The summed E-state index contributed by atoms with van der Waals surface area (Å²) >= 11 is 8.46. The zero-order valence-corrected chi connectivity index (χ0v) is 22.2. The van der Waals surface area contributed by atoms with Crippen LogP contribution in [0.3, 0.4) is 0 Å². The van der Waals surface area contributed by atoms with Gasteiger partial charge < -0.3 is 4.90 Å². The van der Waals surface area contributed by atoms with Gasteiger partial charge in [0.25, 0.3) is 10.0 Å². The smallest absolute Gasteiger partial charge is 0.253 e. The number of aryl methyl sites for hydroxylation is 2. The average molecular weight is 527 g/mol. The van der Waals surface area contributed by atoms with Gasteiger partial charge in [-0.25, -0.2) is 13.4 Å². The molecule has 0 radical (unpaired) electrons. The molecule has 33 heavy (non-hydrogen) atoms. The van der Waals surface area contributed by atoms with Gasteiger partial charge in [0, 0.05) is 19.6 Å². The fourth-order valence-electron chi connectivity index (χ4n) is 3.89. The molecule has 178 valence electrons. The van der Waals surface area contributed by atoms with Crippen molar-refractivity contribution in [2.75, 3.05) is 38.6 Å². The van der Waals surface area contributed by atoms with E-state index in [-0.39, 0.29) is 10.1 Å². The number of nitrogens with zero attached hydrogens (tertiary/aromatic N) is 4. The third-order valence-electron chi connectivity index (χ3n) is 5.86. The van der Waals surface area contributed by atoms with Crippen molar-refractivity contribution in [3.63, 3.8) is 0 Å². The van der Waals surface area contributed by atoms with Crippen molar-refractivity contribution in [3.8, 4) is 0 Å². The molecule has 0 spiro atoms. The van der Waals surface area contributed by atoms with Gasteiger partial charge in [0.2, 0.25) is 5.91 Å². The molecule has 3 heterocycles. The lowest BCUT2D eigenvalue weighted by Gasteiger charge is -2.29. The molecule has 1 saturated heterocycles. The number of thiazole rings is 1. The highest BCUT2D eigenvalue weighted by atomic mass is 35.5. The van der Waals surface area contributed by atoms with Crippen molar-refractivity contribution in [1.82, 2.24) is 14.2 Å². The molecule has 1 aliphatic heterocycles. The molecule has 1 atom stereocenters. The number of fused-ring (bicyclic) bond motifs is 1. The Labute approximate surface area is 207 Å². The van der Waals surface area contributed by atoms with Crippen molar-refractivity contribution in [2.45, 2.75) is 36.9 Å². The van der Waals surface area contributed by atoms with E-state index in [1.54, 1.807) is 11.0 Å². The van der Waals surface area contributed by atoms with Gasteiger partial charge in [0.05, 0.1) is 14.6 Å². The summed E-state index contributed by atoms with van der Waals surface area (Å²) in [5, 5.41) is 0.602. The third kappa shape index (κ3) is 4.96. The Kier molecular flexibility index (Phi) is 7.14. The maximum atomic E-state index is 13.8. The topological polar surface area (TPSA) is 73.8 Å². The number of likely N-dealkylation sites (N-methyl/N-ethyl adjacent to an activating group) is 1. The van der Waals surface area contributed by atoms with Crippen molar-refractivity contribution in [3.05, 3.63) is 39.7 Å². The molecule has 0 aliphatic carbocycles. The summed E-state index contributed by atoms with van der Waals surface area (Å²) in [5.41, 5.74) is 3.17. The number of carbonyl (C=O) groups excluding carboxylic acids is 1. The Balaban J connectivity index is 1.69. The van der Waals surface area contributed by atoms with Crippen LogP contribution in [0.15, 0.2) is 28.5 Å². The van der Waals surface area contributed by atoms with Crippen molar-refractivity contribution >= 4 is 65.6 Å². The maximum Gasteiger partial charge on any atom is 0.253 e. The second kappa shape index (κ2) is 9.59. The summed E-state index contributed by atoms with van der Waals surface area (Å²) in [6, 6.07) is 6.44. The minimum atomic E-state index is -3.80. The lowest BCUT2D eigenvalue weighted by Crippen LogP contribution is -2.49. The second-order valence-corrected chi connectivity index (χ2v) is 13.4. The molecule has 11 heteroatoms. The van der Waals surface area contributed by atoms with E-state index in [0.29, 0.717) is 41.9 Å². The predicted octanol–water partition coefficient (Wildman–Crippen LogP) is 4.38. The van der Waals surface area contributed by atoms with E-state index in [4.69, 9.17) is 16.6 Å². The number of hydrogen-bond acceptors (Lipinski definition) is 7. The molecule has 1 unspecified atom stereocenters. The highest BCUT2D eigenvalue weighted by Gasteiger charge is 2.42. The SMILES string of the molecule is Cc1cc2nc(N(CCN(C)C)C(=O)C3CCCN3S(=O)(=O)c3ccc(Cl)s3)sc2cc1C. The van der Waals surface area contributed by atoms with Crippen LogP contribution in [0.5, 0.6) is 0 Å². The van der Waals surface area contributed by atoms with Crippen LogP contribution in [0, 0.1) is 13.8 Å². The first-order valence-corrected chi connectivity index (χ1v) is 14.1. The summed E-state index contributed by atoms with van der Waals surface area (Å²) in [4.78, 5) is 22.2. The molecular weight excluding hydrogens is 500 g/mol. The van der Waals surface area contributed by atoms with E-state index in [9.17, 15) is 13.2 Å². The molecule has 7 nitrogen and oxygen atoms in total. The Morgan fingerprint density at radius 2 is 1.91 bits per heavy atom. The molecule has 2 aromatic heterocycles. The number of hydrogen-bond donors (Lipinski definition) is 0. The summed E-state index contributed by atoms with van der Waals surface area (Å²) in [6.45, 7) is 5.48. The van der Waals surface area contributed by atoms with Gasteiger partial charge in [-0.15, -0.1) is 11.3 Å². The molecule has 0 N–H and O–H groups in total. The highest BCUT2D eigenvalue weighted by molar-refractivity contribution is 7.91. The van der Waals surface area contributed by atoms with Gasteiger partial charge >= 0.3 is 0 Å². The molecule has 0 bridgehead atoms. The number of anilines is 1. The number of carbonyl (C=O) groups is 1. The molecular formula is C22H27ClN4O3S3. The fourth-order valence-corrected chi connectivity index (χ4v) is 8.23. The van der Waals surface area contributed by atoms with Gasteiger partial charge in [-0.1, -0.05) is 22.9 Å². The lowest BCUT2D eigenvalue weighted by molar-refractivity contribution is -0.121. The Hall–Kier alpha value is -1.56. The first-order chi connectivity index (χ1) is 15.6. The standard InChI is InChI=1S/C22H27ClN4O3S3/c1-14-12-16-18(13-15(14)2)31-22(24-16)26(11-10-25(3)4)21(28)17-6-5-9-27(17)33(29,30)20-8-7-19(23)32-20/h7-8,12-13,17H,5-6,9-11H2,1-4H3. The average Bonchev–Trinajstić information content (AvgIpc) is 3.48. The molecule has 1 fully saturated rings. The highest BCUT2D eigenvalue weighted by Crippen LogP contribution is 2.35. The summed E-state index contributed by atoms with van der Waals surface area (Å²) in [6.07, 6.45) is 1.12. The van der Waals surface area contributed by atoms with Crippen LogP contribution in [-0.4, -0.2) is 68.3 Å². The number of rotatable bonds is 7. The first kappa shape index (κ1) is 24.6. The largest absolute Gasteiger partial charge is 0.308 e. The van der Waals surface area contributed by atoms with Crippen LogP contribution in [0.1, 0.15) is 24.0 Å². The summed E-state index contributed by atoms with van der Waals surface area (Å²) in [5.74, 6) is -0.229. The van der Waals surface area contributed by atoms with Crippen molar-refractivity contribution in [2.24, 2.45) is 0 Å². The van der Waals surface area contributed by atoms with E-state index in [0.717, 1.165) is 27.1 Å². The molecule has 1 aromatic carbocycles. The van der Waals surface area contributed by atoms with E-state index >= 15 is 0 Å². The van der Waals surface area contributed by atoms with E-state index in [1.807, 2.05) is 32.0 Å². The Morgan fingerprint density at radius 3 is 2.58 bits per heavy atom. The zero-order chi connectivity index (χ0) is 23.9. The lowest BCUT2D eigenvalue weighted by atomic mass is 10.1. The molecule has 4 rings (SSSR count). The summed E-state index contributed by atoms with van der Waals surface area (Å²) < 4.78 is 29.5. The monoisotopic (exact) mass is 526 g/mol. The fraction of sp³-hybridized carbons (Fsp3) is 0.455. The number of thiophene rings is 1. The molecule has 1 amide bonds. The van der Waals surface area contributed by atoms with Crippen LogP contribution < -0.4 is 4.90 Å². The maximum absolute atomic E-state index is 13.8. The minimum absolute atomic E-state index is 0.165. The molecule has 0 saturated carbocycles. The number of halogens is 1. The normalized spacial score (nSPS) is 17.3. The van der Waals surface area contributed by atoms with Gasteiger partial charge in [0.1, 0.15) is 10.3 Å². The van der Waals surface area contributed by atoms with E-state index in [2.05, 4.69) is 13.0 Å². The number of aromatic nitrogens is 1. The quantitative estimate of drug-likeness (QED) is 0.457. The first-order valence-electron chi connectivity index (χ1n) is 10.7. The van der Waals surface area contributed by atoms with Gasteiger partial charge in [-0.3, -0.25) is 9.69 Å². The Morgan fingerprint density at radius 1 is 1.18 bits per heavy atom. The minimum Gasteiger partial charge on any atom is -0.308 e. The van der Waals surface area contributed by atoms with Gasteiger partial charge in [-0.05, 0) is 76.2 Å². The number of amides is 1. The van der Waals surface area contributed by atoms with Crippen LogP contribution in [0.25, 0.3) is 10.2 Å². The third-order valence-corrected chi connectivity index (χ3v) is 10.5. The zero-order valence-electron chi connectivity index (χ0n) is 19.0. The van der Waals surface area contributed by atoms with Gasteiger partial charge in [0.15, 0.2) is 5.13 Å². The number of sulfonamides is 1. The summed E-state index contributed by atoms with van der Waals surface area (Å²) in [7, 11) is 0.0876. The van der Waals surface area contributed by atoms with Crippen molar-refractivity contribution in [1.29, 1.82) is 0 Å². The van der Waals surface area contributed by atoms with E-state index < -0.39 is 16.1 Å². The number of benzene rings is 1. The molecule has 3 aromatic rings. The predicted molar refractivity (Wildman–Crippen MR) is 136 cm³/mol. The van der Waals surface area contributed by atoms with E-state index in [1.165, 1.54) is 27.3 Å². The second-order valence-electron chi connectivity index (χ2n) is 8.53. The van der Waals surface area contributed by atoms with Crippen LogP contribution in [-0.2, 0) is 14.8 Å². The van der Waals surface area contributed by atoms with Crippen LogP contribution in [0.4, 0.5) is 5.13 Å². The van der Waals surface area contributed by atoms with Crippen LogP contribution in [0.2, 0.25) is 4.34 Å². The Bertz CT molecular complexity index is 1250. The van der Waals surface area contributed by atoms with Crippen LogP contribution >= 0.6 is 34.3 Å².